The van der Waals surface area contributed by atoms with Crippen LogP contribution in [0.5, 0.6) is 0 Å². The maximum atomic E-state index is 3.87. The van der Waals surface area contributed by atoms with E-state index in [1.54, 1.807) is 11.1 Å². The van der Waals surface area contributed by atoms with Gasteiger partial charge in [0.1, 0.15) is 0 Å². The van der Waals surface area contributed by atoms with Crippen molar-refractivity contribution in [3.8, 4) is 0 Å². The Morgan fingerprint density at radius 3 is 2.25 bits per heavy atom. The molecule has 0 saturated carbocycles. The minimum Gasteiger partial charge on any atom is -0.0786 e. The van der Waals surface area contributed by atoms with Crippen molar-refractivity contribution in [2.75, 3.05) is 0 Å². The Hall–Kier alpha value is -1.08. The second-order valence-corrected chi connectivity index (χ2v) is 6.61. The normalized spacial score (nSPS) is 15.7. The molecule has 0 aliphatic heterocycles. The summed E-state index contributed by atoms with van der Waals surface area (Å²) in [5.41, 5.74) is 7.25. The van der Waals surface area contributed by atoms with Crippen molar-refractivity contribution in [1.82, 2.24) is 0 Å². The molecule has 0 radical (unpaired) electrons. The fourth-order valence-corrected chi connectivity index (χ4v) is 3.62. The minimum atomic E-state index is 0.306. The first kappa shape index (κ1) is 13.9. The van der Waals surface area contributed by atoms with E-state index in [1.165, 1.54) is 42.4 Å². The summed E-state index contributed by atoms with van der Waals surface area (Å²) in [6.45, 7) is 2.20. The molecule has 20 heavy (non-hydrogen) atoms. The molecule has 1 atom stereocenters. The lowest BCUT2D eigenvalue weighted by Gasteiger charge is -2.19. The van der Waals surface area contributed by atoms with E-state index in [9.17, 15) is 0 Å². The summed E-state index contributed by atoms with van der Waals surface area (Å²) in [5.74, 6) is 0. The smallest absolute Gasteiger partial charge is 0.0644 e. The second kappa shape index (κ2) is 6.13. The summed E-state index contributed by atoms with van der Waals surface area (Å²) in [6.07, 6.45) is 6.30. The van der Waals surface area contributed by atoms with Gasteiger partial charge in [0.15, 0.2) is 0 Å². The van der Waals surface area contributed by atoms with E-state index in [4.69, 9.17) is 0 Å². The molecule has 1 aliphatic rings. The number of fused-ring (bicyclic) bond motifs is 1. The van der Waals surface area contributed by atoms with Crippen molar-refractivity contribution in [2.24, 2.45) is 0 Å². The van der Waals surface area contributed by atoms with Crippen LogP contribution in [0.2, 0.25) is 0 Å². The largest absolute Gasteiger partial charge is 0.0786 e. The Morgan fingerprint density at radius 2 is 1.55 bits per heavy atom. The average molecular weight is 329 g/mol. The summed E-state index contributed by atoms with van der Waals surface area (Å²) in [6, 6.07) is 16.0. The van der Waals surface area contributed by atoms with Crippen LogP contribution in [0.4, 0.5) is 0 Å². The molecule has 104 valence electrons. The van der Waals surface area contributed by atoms with Crippen molar-refractivity contribution < 1.29 is 0 Å². The van der Waals surface area contributed by atoms with Gasteiger partial charge in [-0.2, -0.15) is 0 Å². The van der Waals surface area contributed by atoms with E-state index in [-0.39, 0.29) is 0 Å². The highest BCUT2D eigenvalue weighted by molar-refractivity contribution is 9.09. The summed E-state index contributed by atoms with van der Waals surface area (Å²) in [7, 11) is 0. The fourth-order valence-electron chi connectivity index (χ4n) is 3.03. The number of hydrogen-bond acceptors (Lipinski definition) is 0. The van der Waals surface area contributed by atoms with Gasteiger partial charge in [-0.3, -0.25) is 0 Å². The van der Waals surface area contributed by atoms with Crippen LogP contribution in [0.1, 0.15) is 52.4 Å². The van der Waals surface area contributed by atoms with Gasteiger partial charge in [0, 0.05) is 0 Å². The van der Waals surface area contributed by atoms with Gasteiger partial charge >= 0.3 is 0 Å². The monoisotopic (exact) mass is 328 g/mol. The van der Waals surface area contributed by atoms with Crippen LogP contribution >= 0.6 is 15.9 Å². The number of aryl methyl sites for hydroxylation is 3. The summed E-state index contributed by atoms with van der Waals surface area (Å²) in [4.78, 5) is 0.306. The molecule has 0 amide bonds. The number of benzene rings is 2. The van der Waals surface area contributed by atoms with Gasteiger partial charge in [-0.1, -0.05) is 65.3 Å². The van der Waals surface area contributed by atoms with Crippen LogP contribution in [0.3, 0.4) is 0 Å². The highest BCUT2D eigenvalue weighted by atomic mass is 79.9. The molecule has 2 aromatic rings. The topological polar surface area (TPSA) is 0 Å². The molecule has 0 spiro atoms. The summed E-state index contributed by atoms with van der Waals surface area (Å²) >= 11 is 3.87. The number of hydrogen-bond donors (Lipinski definition) is 0. The molecular weight excluding hydrogens is 308 g/mol. The lowest BCUT2D eigenvalue weighted by molar-refractivity contribution is 0.684. The minimum absolute atomic E-state index is 0.306. The van der Waals surface area contributed by atoms with Crippen LogP contribution < -0.4 is 0 Å². The van der Waals surface area contributed by atoms with E-state index in [0.717, 1.165) is 6.42 Å². The van der Waals surface area contributed by atoms with E-state index in [0.29, 0.717) is 4.83 Å². The molecule has 1 aliphatic carbocycles. The predicted molar refractivity (Wildman–Crippen MR) is 89.7 cm³/mol. The SMILES string of the molecule is CCc1ccc(C(Br)c2ccc3c(c2)CCCC3)cc1. The molecule has 1 unspecified atom stereocenters. The molecule has 0 heterocycles. The van der Waals surface area contributed by atoms with E-state index in [1.807, 2.05) is 0 Å². The molecule has 2 aromatic carbocycles. The van der Waals surface area contributed by atoms with Gasteiger partial charge in [-0.05, 0) is 59.9 Å². The van der Waals surface area contributed by atoms with Gasteiger partial charge in [-0.25, -0.2) is 0 Å². The van der Waals surface area contributed by atoms with Crippen LogP contribution in [0, 0.1) is 0 Å². The lowest BCUT2D eigenvalue weighted by Crippen LogP contribution is -2.04. The van der Waals surface area contributed by atoms with Crippen LogP contribution in [-0.4, -0.2) is 0 Å². The third-order valence-corrected chi connectivity index (χ3v) is 5.40. The number of alkyl halides is 1. The van der Waals surface area contributed by atoms with Crippen molar-refractivity contribution in [2.45, 2.75) is 43.9 Å². The van der Waals surface area contributed by atoms with Gasteiger partial charge < -0.3 is 0 Å². The van der Waals surface area contributed by atoms with Gasteiger partial charge in [0.25, 0.3) is 0 Å². The Kier molecular flexibility index (Phi) is 4.26. The lowest BCUT2D eigenvalue weighted by atomic mass is 9.89. The average Bonchev–Trinajstić information content (AvgIpc) is 2.54. The maximum Gasteiger partial charge on any atom is 0.0644 e. The molecule has 0 bridgehead atoms. The van der Waals surface area contributed by atoms with Gasteiger partial charge in [-0.15, -0.1) is 0 Å². The second-order valence-electron chi connectivity index (χ2n) is 5.69. The Labute approximate surface area is 130 Å². The van der Waals surface area contributed by atoms with Gasteiger partial charge in [0.05, 0.1) is 4.83 Å². The number of rotatable bonds is 3. The van der Waals surface area contributed by atoms with Crippen LogP contribution in [-0.2, 0) is 19.3 Å². The first-order valence-electron chi connectivity index (χ1n) is 7.62. The molecule has 0 nitrogen and oxygen atoms in total. The zero-order valence-electron chi connectivity index (χ0n) is 12.0. The van der Waals surface area contributed by atoms with E-state index < -0.39 is 0 Å². The van der Waals surface area contributed by atoms with E-state index >= 15 is 0 Å². The Bertz CT molecular complexity index is 583. The molecule has 0 N–H and O–H groups in total. The molecular formula is C19H21Br. The number of halogens is 1. The third-order valence-electron chi connectivity index (χ3n) is 4.35. The van der Waals surface area contributed by atoms with Crippen molar-refractivity contribution in [3.05, 3.63) is 70.3 Å². The first-order chi connectivity index (χ1) is 9.78. The summed E-state index contributed by atoms with van der Waals surface area (Å²) in [5, 5.41) is 0. The maximum absolute atomic E-state index is 3.87. The third kappa shape index (κ3) is 2.83. The van der Waals surface area contributed by atoms with Gasteiger partial charge in [0.2, 0.25) is 0 Å². The highest BCUT2D eigenvalue weighted by Crippen LogP contribution is 2.33. The summed E-state index contributed by atoms with van der Waals surface area (Å²) < 4.78 is 0. The highest BCUT2D eigenvalue weighted by Gasteiger charge is 2.14. The van der Waals surface area contributed by atoms with Crippen LogP contribution in [0.15, 0.2) is 42.5 Å². The molecule has 0 fully saturated rings. The molecule has 3 rings (SSSR count). The zero-order chi connectivity index (χ0) is 13.9. The van der Waals surface area contributed by atoms with Crippen molar-refractivity contribution in [1.29, 1.82) is 0 Å². The molecule has 1 heteroatoms. The first-order valence-corrected chi connectivity index (χ1v) is 8.54. The Balaban J connectivity index is 1.87. The standard InChI is InChI=1S/C19H21Br/c1-2-14-7-9-16(10-8-14)19(20)18-12-11-15-5-3-4-6-17(15)13-18/h7-13,19H,2-6H2,1H3. The van der Waals surface area contributed by atoms with E-state index in [2.05, 4.69) is 65.3 Å². The Morgan fingerprint density at radius 1 is 0.900 bits per heavy atom. The predicted octanol–water partition coefficient (Wildman–Crippen LogP) is 5.61. The van der Waals surface area contributed by atoms with Crippen LogP contribution in [0.25, 0.3) is 0 Å². The zero-order valence-corrected chi connectivity index (χ0v) is 13.6. The van der Waals surface area contributed by atoms with Crippen molar-refractivity contribution >= 4 is 15.9 Å². The fraction of sp³-hybridized carbons (Fsp3) is 0.368. The molecule has 0 aromatic heterocycles. The van der Waals surface area contributed by atoms with Crippen molar-refractivity contribution in [3.63, 3.8) is 0 Å². The quantitative estimate of drug-likeness (QED) is 0.642. The molecule has 0 saturated heterocycles.